The van der Waals surface area contributed by atoms with Gasteiger partial charge in [-0.25, -0.2) is 39.9 Å². The molecular formula is C87H59Br6Cl15N12O4S3. The average molecular weight is 2440 g/mol. The molecule has 8 heterocycles. The highest BCUT2D eigenvalue weighted by Crippen LogP contribution is 2.47. The summed E-state index contributed by atoms with van der Waals surface area (Å²) in [5.41, 5.74) is 28.0. The van der Waals surface area contributed by atoms with Crippen molar-refractivity contribution in [2.75, 3.05) is 30.6 Å². The Morgan fingerprint density at radius 3 is 1.28 bits per heavy atom. The topological polar surface area (TPSA) is 244 Å². The lowest BCUT2D eigenvalue weighted by Crippen LogP contribution is -2.09. The van der Waals surface area contributed by atoms with E-state index in [-0.39, 0.29) is 33.6 Å². The molecule has 1 atom stereocenters. The predicted octanol–water partition coefficient (Wildman–Crippen LogP) is 34.1. The molecule has 5 N–H and O–H groups in total. The van der Waals surface area contributed by atoms with Gasteiger partial charge in [-0.1, -0.05) is 252 Å². The molecule has 16 nitrogen and oxygen atoms in total. The Bertz CT molecular complexity index is 6140. The van der Waals surface area contributed by atoms with Crippen LogP contribution in [0.4, 0.5) is 11.6 Å². The highest BCUT2D eigenvalue weighted by molar-refractivity contribution is 9.11. The molecule has 127 heavy (non-hydrogen) atoms. The summed E-state index contributed by atoms with van der Waals surface area (Å²) in [5.74, 6) is 2.45. The largest absolute Gasteiger partial charge is 0.497 e. The Morgan fingerprint density at radius 1 is 0.449 bits per heavy atom. The zero-order valence-corrected chi connectivity index (χ0v) is 88.5. The van der Waals surface area contributed by atoms with E-state index in [0.717, 1.165) is 107 Å². The van der Waals surface area contributed by atoms with E-state index in [9.17, 15) is 9.59 Å². The summed E-state index contributed by atoms with van der Waals surface area (Å²) in [6.45, 7) is 2.63. The van der Waals surface area contributed by atoms with Gasteiger partial charge < -0.3 is 26.3 Å². The number of Topliss-reactive ketones (excluding diaryl/α,β-unsaturated/α-hetero) is 2. The first-order valence-corrected chi connectivity index (χ1v) is 49.2. The van der Waals surface area contributed by atoms with Crippen LogP contribution in [0.2, 0.25) is 65.7 Å². The number of benzene rings is 7. The molecule has 0 amide bonds. The average Bonchev–Trinajstić information content (AvgIpc) is 1.70. The number of alkyl halides is 3. The third-order valence-corrected chi connectivity index (χ3v) is 27.4. The minimum Gasteiger partial charge on any atom is -0.497 e. The maximum Gasteiger partial charge on any atom is 0.184 e. The lowest BCUT2D eigenvalue weighted by molar-refractivity contribution is 0.0983. The lowest BCUT2D eigenvalue weighted by atomic mass is 10.0. The van der Waals surface area contributed by atoms with Crippen molar-refractivity contribution in [3.63, 3.8) is 0 Å². The number of hydrogen-bond acceptors (Lipinski definition) is 19. The van der Waals surface area contributed by atoms with E-state index < -0.39 is 4.83 Å². The summed E-state index contributed by atoms with van der Waals surface area (Å²) < 4.78 is 14.1. The van der Waals surface area contributed by atoms with Crippen LogP contribution in [0, 0.1) is 11.3 Å². The third-order valence-electron chi connectivity index (χ3n) is 16.7. The van der Waals surface area contributed by atoms with E-state index in [2.05, 4.69) is 141 Å². The Labute approximate surface area is 869 Å². The summed E-state index contributed by atoms with van der Waals surface area (Å²) in [7, 11) is 3.31. The number of nitriles is 1. The van der Waals surface area contributed by atoms with Gasteiger partial charge in [-0.05, 0) is 187 Å². The number of rotatable bonds is 18. The number of thiazole rings is 3. The molecule has 0 aliphatic carbocycles. The van der Waals surface area contributed by atoms with Gasteiger partial charge in [0.2, 0.25) is 0 Å². The van der Waals surface area contributed by atoms with Gasteiger partial charge in [0.1, 0.15) is 43.4 Å². The molecule has 0 spiro atoms. The van der Waals surface area contributed by atoms with E-state index >= 15 is 0 Å². The summed E-state index contributed by atoms with van der Waals surface area (Å²) in [4.78, 5) is 60.9. The van der Waals surface area contributed by atoms with E-state index in [0.29, 0.717) is 105 Å². The molecule has 0 aliphatic rings. The minimum atomic E-state index is -0.651. The van der Waals surface area contributed by atoms with E-state index in [1.54, 1.807) is 122 Å². The Morgan fingerprint density at radius 2 is 0.811 bits per heavy atom. The van der Waals surface area contributed by atoms with Crippen molar-refractivity contribution >= 4 is 327 Å². The standard InChI is InChI=1S/C22H16BrCl2N3OS.C14H6BrCl3N2S.C14H8BrCl2N3S.C13H6Br2Cl3NO.C13H7BrCl3NO.C8H11NO.C2H3N.CH2Cl2/c1-29-15-7-5-13(6-8-15)10-26-22-17(9-14(23)11-27-22)20-21(30-12-28-20)16-3-2-4-18(24)19(16)25;2*15-7-4-9(14(18)19-5-7)12-13(21-6-20-12)8-2-1-3-10(16)11(8)17;14-6-4-8(13(18)19-5-6)12(20)10(15)7-2-1-3-9(16)11(7)17;14-8-5-9(13(17)18-6-8)11(19)4-7-2-1-3-10(15)12(7)16;1-10-8-4-2-7(6-9)3-5-8;1-2-3;2-1-3/h2-9,11-12H,10H2,1H3,(H,26,27);1-6H;1-6H,(H2,18,19);1-5,10H;1-3,5-6H,4H2;2-5H,6,9H2,1H3;1H3;1H2. The van der Waals surface area contributed by atoms with Gasteiger partial charge in [0.25, 0.3) is 0 Å². The summed E-state index contributed by atoms with van der Waals surface area (Å²) in [6.07, 6.45) is 8.23. The van der Waals surface area contributed by atoms with Gasteiger partial charge in [0, 0.05) is 113 Å². The maximum atomic E-state index is 12.5. The number of nitrogen functional groups attached to an aromatic ring is 1. The van der Waals surface area contributed by atoms with Crippen molar-refractivity contribution in [1.82, 2.24) is 39.9 Å². The van der Waals surface area contributed by atoms with Gasteiger partial charge >= 0.3 is 0 Å². The van der Waals surface area contributed by atoms with Crippen LogP contribution in [0.3, 0.4) is 0 Å². The van der Waals surface area contributed by atoms with E-state index in [1.165, 1.54) is 53.3 Å². The Kier molecular flexibility index (Phi) is 45.3. The SMILES string of the molecule is CC#N.COc1ccc(CN)cc1.COc1ccc(CNc2ncc(Br)cc2-c2ncsc2-c2cccc(Cl)c2Cl)cc1.ClCCl.Clc1cccc(-c2scnc2-c2cc(Br)cnc2Cl)c1Cl.Nc1ncc(Br)cc1-c1ncsc1-c1cccc(Cl)c1Cl.O=C(Cc1cccc(Cl)c1Cl)c1cc(Br)cnc1Cl.O=C(c1cc(Br)cnc1Cl)C(Br)c1cccc(Cl)c1Cl. The summed E-state index contributed by atoms with van der Waals surface area (Å²) in [5, 5.41) is 16.2. The number of hydrogen-bond donors (Lipinski definition) is 3. The van der Waals surface area contributed by atoms with E-state index in [1.807, 2.05) is 103 Å². The fraction of sp³-hybridized carbons (Fsp3) is 0.0920. The number of ketones is 2. The fourth-order valence-corrected chi connectivity index (χ4v) is 18.4. The predicted molar refractivity (Wildman–Crippen MR) is 555 cm³/mol. The first-order valence-electron chi connectivity index (χ1n) is 35.7. The number of nitrogens with two attached hydrogens (primary N) is 2. The van der Waals surface area contributed by atoms with Crippen LogP contribution < -0.4 is 26.3 Å². The molecular weight excluding hydrogens is 2380 g/mol. The van der Waals surface area contributed by atoms with Gasteiger partial charge in [0.15, 0.2) is 11.6 Å². The van der Waals surface area contributed by atoms with Crippen molar-refractivity contribution in [1.29, 1.82) is 5.26 Å². The monoisotopic (exact) mass is 2430 g/mol. The number of methoxy groups -OCH3 is 2. The zero-order chi connectivity index (χ0) is 92.7. The highest BCUT2D eigenvalue weighted by atomic mass is 79.9. The van der Waals surface area contributed by atoms with Crippen LogP contribution in [-0.2, 0) is 19.5 Å². The smallest absolute Gasteiger partial charge is 0.184 e. The molecule has 0 saturated heterocycles. The Balaban J connectivity index is 0.000000190. The zero-order valence-electron chi connectivity index (χ0n) is 65.2. The summed E-state index contributed by atoms with van der Waals surface area (Å²) >= 11 is 114. The molecule has 15 rings (SSSR count). The molecule has 15 aromatic rings. The van der Waals surface area contributed by atoms with Gasteiger partial charge in [0.05, 0.1) is 135 Å². The number of nitrogens with one attached hydrogen (secondary N) is 1. The van der Waals surface area contributed by atoms with Gasteiger partial charge in [-0.15, -0.1) is 57.2 Å². The van der Waals surface area contributed by atoms with Crippen LogP contribution in [0.25, 0.3) is 65.1 Å². The molecule has 0 bridgehead atoms. The van der Waals surface area contributed by atoms with Crippen LogP contribution >= 0.6 is 304 Å². The number of carbonyl (C=O) groups is 2. The number of aromatic nitrogens is 8. The van der Waals surface area contributed by atoms with Crippen molar-refractivity contribution in [2.24, 2.45) is 5.73 Å². The van der Waals surface area contributed by atoms with Gasteiger partial charge in [-0.2, -0.15) is 5.26 Å². The number of carbonyl (C=O) groups excluding carboxylic acids is 2. The number of nitrogens with zero attached hydrogens (tertiary/aromatic N) is 9. The number of pyridine rings is 5. The number of ether oxygens (including phenoxy) is 2. The normalized spacial score (nSPS) is 10.6. The maximum absolute atomic E-state index is 12.5. The van der Waals surface area contributed by atoms with Crippen molar-refractivity contribution < 1.29 is 19.1 Å². The molecule has 0 saturated carbocycles. The minimum absolute atomic E-state index is 0.122. The number of halogens is 21. The molecule has 0 fully saturated rings. The quantitative estimate of drug-likeness (QED) is 0.0411. The van der Waals surface area contributed by atoms with Crippen LogP contribution in [0.15, 0.2) is 240 Å². The molecule has 1 unspecified atom stereocenters. The molecule has 7 aromatic carbocycles. The first kappa shape index (κ1) is 107. The Hall–Kier alpha value is -5.60. The molecule has 0 radical (unpaired) electrons. The second-order valence-electron chi connectivity index (χ2n) is 24.8. The van der Waals surface area contributed by atoms with Crippen LogP contribution in [0.5, 0.6) is 11.5 Å². The van der Waals surface area contributed by atoms with Crippen LogP contribution in [0.1, 0.15) is 54.7 Å². The van der Waals surface area contributed by atoms with Crippen molar-refractivity contribution in [3.8, 4) is 82.7 Å². The van der Waals surface area contributed by atoms with Gasteiger partial charge in [-0.3, -0.25) is 9.59 Å². The summed E-state index contributed by atoms with van der Waals surface area (Å²) in [6, 6.07) is 53.3. The van der Waals surface area contributed by atoms with Crippen molar-refractivity contribution in [3.05, 3.63) is 339 Å². The molecule has 40 heteroatoms. The molecule has 656 valence electrons. The second kappa shape index (κ2) is 53.9. The third kappa shape index (κ3) is 30.7. The molecule has 8 aromatic heterocycles. The molecule has 0 aliphatic heterocycles. The first-order chi connectivity index (χ1) is 60.8. The number of anilines is 2. The highest BCUT2D eigenvalue weighted by Gasteiger charge is 2.27. The van der Waals surface area contributed by atoms with E-state index in [4.69, 9.17) is 200 Å². The fourth-order valence-electron chi connectivity index (χ4n) is 10.8. The second-order valence-corrected chi connectivity index (χ2v) is 38.6. The van der Waals surface area contributed by atoms with Crippen LogP contribution in [-0.4, -0.2) is 71.0 Å². The van der Waals surface area contributed by atoms with Crippen molar-refractivity contribution in [2.45, 2.75) is 31.3 Å². The lowest BCUT2D eigenvalue weighted by Gasteiger charge is -2.13.